The minimum atomic E-state index is -1.40. The summed E-state index contributed by atoms with van der Waals surface area (Å²) in [6, 6.07) is 0.877. The Balaban J connectivity index is 2.24. The van der Waals surface area contributed by atoms with E-state index in [1.807, 2.05) is 0 Å². The number of rotatable bonds is 2. The van der Waals surface area contributed by atoms with Gasteiger partial charge in [-0.25, -0.2) is 22.8 Å². The van der Waals surface area contributed by atoms with E-state index in [1.165, 1.54) is 13.8 Å². The van der Waals surface area contributed by atoms with Crippen LogP contribution in [0.4, 0.5) is 18.9 Å². The molecule has 1 aromatic carbocycles. The Hall–Kier alpha value is -2.51. The van der Waals surface area contributed by atoms with Crippen molar-refractivity contribution in [2.24, 2.45) is 0 Å². The average molecular weight is 301 g/mol. The quantitative estimate of drug-likeness (QED) is 0.393. The van der Waals surface area contributed by atoms with Crippen LogP contribution >= 0.6 is 0 Å². The normalized spacial score (nSPS) is 17.1. The van der Waals surface area contributed by atoms with Crippen molar-refractivity contribution in [2.75, 3.05) is 5.32 Å². The molecule has 0 aliphatic carbocycles. The van der Waals surface area contributed by atoms with Crippen LogP contribution in [0.3, 0.4) is 0 Å². The first-order chi connectivity index (χ1) is 9.69. The zero-order chi connectivity index (χ0) is 15.8. The summed E-state index contributed by atoms with van der Waals surface area (Å²) in [7, 11) is 0. The lowest BCUT2D eigenvalue weighted by Crippen LogP contribution is -2.42. The second kappa shape index (κ2) is 5.12. The maximum Gasteiger partial charge on any atom is 0.350 e. The third-order valence-corrected chi connectivity index (χ3v) is 2.50. The topological polar surface area (TPSA) is 64.6 Å². The number of carbonyl (C=O) groups is 2. The monoisotopic (exact) mass is 301 g/mol. The Morgan fingerprint density at radius 3 is 2.10 bits per heavy atom. The van der Waals surface area contributed by atoms with E-state index in [1.54, 1.807) is 0 Å². The van der Waals surface area contributed by atoms with Gasteiger partial charge in [0, 0.05) is 32.2 Å². The molecular weight excluding hydrogens is 291 g/mol. The van der Waals surface area contributed by atoms with Crippen molar-refractivity contribution in [3.8, 4) is 0 Å². The zero-order valence-corrected chi connectivity index (χ0v) is 11.0. The molecule has 1 aromatic rings. The fourth-order valence-corrected chi connectivity index (χ4v) is 1.56. The van der Waals surface area contributed by atoms with Crippen molar-refractivity contribution >= 4 is 17.6 Å². The fourth-order valence-electron chi connectivity index (χ4n) is 1.56. The van der Waals surface area contributed by atoms with Crippen LogP contribution in [-0.4, -0.2) is 17.7 Å². The van der Waals surface area contributed by atoms with Crippen LogP contribution in [0.5, 0.6) is 0 Å². The standard InChI is InChI=1S/C13H10F3NO4/c1-13(2)20-11(18)6(12(19)21-13)5-17-10-4-8(15)7(14)3-9(10)16/h3-5,17H,1-2H3. The summed E-state index contributed by atoms with van der Waals surface area (Å²) in [5, 5.41) is 2.19. The molecule has 0 aromatic heterocycles. The Morgan fingerprint density at radius 2 is 1.52 bits per heavy atom. The van der Waals surface area contributed by atoms with E-state index in [-0.39, 0.29) is 0 Å². The highest BCUT2D eigenvalue weighted by atomic mass is 19.2. The maximum atomic E-state index is 13.4. The predicted octanol–water partition coefficient (Wildman–Crippen LogP) is 2.24. The Morgan fingerprint density at radius 1 is 1.00 bits per heavy atom. The molecule has 112 valence electrons. The van der Waals surface area contributed by atoms with Crippen molar-refractivity contribution in [2.45, 2.75) is 19.6 Å². The summed E-state index contributed by atoms with van der Waals surface area (Å²) >= 11 is 0. The van der Waals surface area contributed by atoms with Crippen molar-refractivity contribution in [1.82, 2.24) is 0 Å². The number of carbonyl (C=O) groups excluding carboxylic acids is 2. The molecule has 1 saturated heterocycles. The molecule has 1 aliphatic heterocycles. The van der Waals surface area contributed by atoms with Gasteiger partial charge in [-0.1, -0.05) is 0 Å². The number of hydrogen-bond donors (Lipinski definition) is 1. The van der Waals surface area contributed by atoms with E-state index >= 15 is 0 Å². The summed E-state index contributed by atoms with van der Waals surface area (Å²) in [5.74, 6) is -7.10. The molecule has 0 spiro atoms. The lowest BCUT2D eigenvalue weighted by molar-refractivity contribution is -0.222. The van der Waals surface area contributed by atoms with E-state index in [2.05, 4.69) is 5.32 Å². The maximum absolute atomic E-state index is 13.4. The van der Waals surface area contributed by atoms with E-state index in [4.69, 9.17) is 9.47 Å². The number of esters is 2. The molecule has 0 radical (unpaired) electrons. The van der Waals surface area contributed by atoms with Crippen molar-refractivity contribution in [1.29, 1.82) is 0 Å². The van der Waals surface area contributed by atoms with E-state index < -0.39 is 46.4 Å². The minimum absolute atomic E-state index is 0.330. The summed E-state index contributed by atoms with van der Waals surface area (Å²) in [6.07, 6.45) is 0.801. The molecule has 0 atom stereocenters. The third-order valence-electron chi connectivity index (χ3n) is 2.50. The van der Waals surface area contributed by atoms with Gasteiger partial charge < -0.3 is 14.8 Å². The smallest absolute Gasteiger partial charge is 0.350 e. The second-order valence-electron chi connectivity index (χ2n) is 4.63. The molecule has 0 amide bonds. The van der Waals surface area contributed by atoms with Gasteiger partial charge >= 0.3 is 11.9 Å². The Labute approximate surface area is 117 Å². The molecule has 1 fully saturated rings. The van der Waals surface area contributed by atoms with Crippen LogP contribution in [0.25, 0.3) is 0 Å². The SMILES string of the molecule is CC1(C)OC(=O)C(=CNc2cc(F)c(F)cc2F)C(=O)O1. The van der Waals surface area contributed by atoms with Crippen LogP contribution in [0, 0.1) is 17.5 Å². The molecule has 1 heterocycles. The van der Waals surface area contributed by atoms with Crippen LogP contribution < -0.4 is 5.32 Å². The molecule has 21 heavy (non-hydrogen) atoms. The van der Waals surface area contributed by atoms with Crippen LogP contribution in [0.15, 0.2) is 23.9 Å². The van der Waals surface area contributed by atoms with Crippen molar-refractivity contribution < 1.29 is 32.2 Å². The summed E-state index contributed by atoms with van der Waals surface area (Å²) in [5.41, 5.74) is -0.981. The molecule has 8 heteroatoms. The lowest BCUT2D eigenvalue weighted by atomic mass is 10.2. The summed E-state index contributed by atoms with van der Waals surface area (Å²) < 4.78 is 48.7. The number of benzene rings is 1. The number of cyclic esters (lactones) is 2. The van der Waals surface area contributed by atoms with Gasteiger partial charge in [-0.3, -0.25) is 0 Å². The van der Waals surface area contributed by atoms with E-state index in [0.29, 0.717) is 12.1 Å². The molecule has 0 bridgehead atoms. The number of anilines is 1. The summed E-state index contributed by atoms with van der Waals surface area (Å²) in [6.45, 7) is 2.73. The first-order valence-electron chi connectivity index (χ1n) is 5.77. The highest BCUT2D eigenvalue weighted by molar-refractivity contribution is 6.15. The fraction of sp³-hybridized carbons (Fsp3) is 0.231. The first kappa shape index (κ1) is 14.9. The van der Waals surface area contributed by atoms with Crippen LogP contribution in [-0.2, 0) is 19.1 Å². The van der Waals surface area contributed by atoms with Gasteiger partial charge in [-0.15, -0.1) is 0 Å². The van der Waals surface area contributed by atoms with Crippen LogP contribution in [0.2, 0.25) is 0 Å². The van der Waals surface area contributed by atoms with Gasteiger partial charge in [0.25, 0.3) is 5.79 Å². The van der Waals surface area contributed by atoms with Crippen molar-refractivity contribution in [3.05, 3.63) is 41.4 Å². The number of nitrogens with one attached hydrogen (secondary N) is 1. The number of halogens is 3. The molecule has 0 saturated carbocycles. The Bertz CT molecular complexity index is 633. The zero-order valence-electron chi connectivity index (χ0n) is 11.0. The van der Waals surface area contributed by atoms with Gasteiger partial charge in [0.2, 0.25) is 0 Å². The number of ether oxygens (including phenoxy) is 2. The lowest BCUT2D eigenvalue weighted by Gasteiger charge is -2.29. The van der Waals surface area contributed by atoms with Gasteiger partial charge in [-0.05, 0) is 0 Å². The van der Waals surface area contributed by atoms with E-state index in [9.17, 15) is 22.8 Å². The Kier molecular flexibility index (Phi) is 3.63. The molecular formula is C13H10F3NO4. The minimum Gasteiger partial charge on any atom is -0.419 e. The highest BCUT2D eigenvalue weighted by Gasteiger charge is 2.38. The molecule has 0 unspecified atom stereocenters. The van der Waals surface area contributed by atoms with Gasteiger partial charge in [-0.2, -0.15) is 0 Å². The molecule has 5 nitrogen and oxygen atoms in total. The van der Waals surface area contributed by atoms with E-state index in [0.717, 1.165) is 6.20 Å². The third kappa shape index (κ3) is 3.15. The highest BCUT2D eigenvalue weighted by Crippen LogP contribution is 2.23. The van der Waals surface area contributed by atoms with Crippen LogP contribution in [0.1, 0.15) is 13.8 Å². The van der Waals surface area contributed by atoms with Gasteiger partial charge in [0.05, 0.1) is 5.69 Å². The number of hydrogen-bond acceptors (Lipinski definition) is 5. The summed E-state index contributed by atoms with van der Waals surface area (Å²) in [4.78, 5) is 23.2. The predicted molar refractivity (Wildman–Crippen MR) is 64.3 cm³/mol. The molecule has 1 aliphatic rings. The molecule has 1 N–H and O–H groups in total. The van der Waals surface area contributed by atoms with Gasteiger partial charge in [0.1, 0.15) is 5.82 Å². The van der Waals surface area contributed by atoms with Gasteiger partial charge in [0.15, 0.2) is 17.2 Å². The molecule has 2 rings (SSSR count). The van der Waals surface area contributed by atoms with Crippen molar-refractivity contribution in [3.63, 3.8) is 0 Å². The second-order valence-corrected chi connectivity index (χ2v) is 4.63. The average Bonchev–Trinajstić information content (AvgIpc) is 2.32. The largest absolute Gasteiger partial charge is 0.419 e. The first-order valence-corrected chi connectivity index (χ1v) is 5.77.